The number of aromatic hydroxyl groups is 1. The lowest BCUT2D eigenvalue weighted by atomic mass is 9.85. The Kier molecular flexibility index (Phi) is 16.4. The van der Waals surface area contributed by atoms with Gasteiger partial charge in [-0.05, 0) is 98.2 Å². The van der Waals surface area contributed by atoms with Crippen LogP contribution < -0.4 is 0 Å². The molecule has 8 unspecified atom stereocenters. The van der Waals surface area contributed by atoms with Crippen LogP contribution in [0, 0.1) is 5.41 Å². The molecule has 0 aromatic heterocycles. The number of fused-ring (bicyclic) bond motifs is 3. The summed E-state index contributed by atoms with van der Waals surface area (Å²) in [6.45, 7) is 22.2. The Labute approximate surface area is 370 Å². The van der Waals surface area contributed by atoms with Crippen molar-refractivity contribution >= 4 is 17.9 Å². The van der Waals surface area contributed by atoms with Gasteiger partial charge in [-0.25, -0.2) is 9.59 Å². The summed E-state index contributed by atoms with van der Waals surface area (Å²) in [5, 5.41) is 9.01. The van der Waals surface area contributed by atoms with Crippen LogP contribution in [0.1, 0.15) is 140 Å². The third-order valence-electron chi connectivity index (χ3n) is 11.9. The lowest BCUT2D eigenvalue weighted by Crippen LogP contribution is -2.45. The molecule has 0 spiro atoms. The molecule has 10 nitrogen and oxygen atoms in total. The summed E-state index contributed by atoms with van der Waals surface area (Å²) < 4.78 is 108. The normalized spacial score (nSPS) is 24.0. The highest BCUT2D eigenvalue weighted by Crippen LogP contribution is 2.47. The molecule has 0 bridgehead atoms. The quantitative estimate of drug-likeness (QED) is 0.119. The van der Waals surface area contributed by atoms with E-state index < -0.39 is 83.8 Å². The van der Waals surface area contributed by atoms with Crippen molar-refractivity contribution in [3.8, 4) is 5.75 Å². The Bertz CT molecular complexity index is 2010. The number of carbonyl (C=O) groups excluding carboxylic acids is 3. The molecule has 3 aliphatic rings. The number of hydrogen-bond donors (Lipinski definition) is 1. The maximum Gasteiger partial charge on any atom is 0.434 e. The standard InChI is InChI=1S/C24H24F6O9.C14H22.C10H14O/c1-5-21(2,3)20(33)36-14-12-13(34-17(14)32)15-18(35-12)39-22(4,38-15)11-8-6-10(7-9-11)16(31)37-19(23(25,26)27)24(28,29)30;1-6-11(2)12-7-9-13(10-8-12)14(3,4)5;1-3-8(2)9-4-6-10(11)7-5-9/h6-9,12-15,18-19H,5H2,1-4H3;7-11H,6H2,1-5H3;4-8,11H,3H2,1-2H3. The van der Waals surface area contributed by atoms with Crippen LogP contribution >= 0.6 is 0 Å². The molecule has 64 heavy (non-hydrogen) atoms. The van der Waals surface area contributed by atoms with Gasteiger partial charge in [-0.2, -0.15) is 26.3 Å². The first-order valence-corrected chi connectivity index (χ1v) is 21.3. The van der Waals surface area contributed by atoms with Crippen LogP contribution in [0.4, 0.5) is 26.3 Å². The Morgan fingerprint density at radius 2 is 1.23 bits per heavy atom. The van der Waals surface area contributed by atoms with Crippen LogP contribution in [-0.4, -0.2) is 72.2 Å². The second-order valence-electron chi connectivity index (χ2n) is 18.1. The first-order valence-electron chi connectivity index (χ1n) is 21.3. The van der Waals surface area contributed by atoms with Gasteiger partial charge in [-0.3, -0.25) is 4.79 Å². The zero-order valence-electron chi connectivity index (χ0n) is 38.1. The van der Waals surface area contributed by atoms with Crippen molar-refractivity contribution in [2.45, 2.75) is 168 Å². The molecule has 0 radical (unpaired) electrons. The number of carbonyl (C=O) groups is 3. The van der Waals surface area contributed by atoms with Crippen molar-refractivity contribution in [1.29, 1.82) is 0 Å². The highest BCUT2D eigenvalue weighted by atomic mass is 19.4. The first kappa shape index (κ1) is 52.0. The fourth-order valence-corrected chi connectivity index (χ4v) is 6.75. The molecule has 3 aromatic carbocycles. The van der Waals surface area contributed by atoms with E-state index >= 15 is 0 Å². The van der Waals surface area contributed by atoms with Gasteiger partial charge in [0.05, 0.1) is 11.0 Å². The molecule has 8 atom stereocenters. The highest BCUT2D eigenvalue weighted by molar-refractivity contribution is 5.89. The summed E-state index contributed by atoms with van der Waals surface area (Å²) in [6.07, 6.45) is -18.5. The average molecular weight is 911 g/mol. The Morgan fingerprint density at radius 3 is 1.69 bits per heavy atom. The Morgan fingerprint density at radius 1 is 0.734 bits per heavy atom. The number of phenolic OH excluding ortho intramolecular Hbond substituents is 1. The molecule has 3 aliphatic heterocycles. The van der Waals surface area contributed by atoms with Crippen molar-refractivity contribution in [2.24, 2.45) is 5.41 Å². The number of benzene rings is 3. The third kappa shape index (κ3) is 12.6. The van der Waals surface area contributed by atoms with Crippen LogP contribution in [0.2, 0.25) is 0 Å². The minimum absolute atomic E-state index is 0.216. The number of halogens is 6. The largest absolute Gasteiger partial charge is 0.508 e. The van der Waals surface area contributed by atoms with Gasteiger partial charge in [0.2, 0.25) is 6.10 Å². The monoisotopic (exact) mass is 910 g/mol. The molecule has 3 aromatic rings. The van der Waals surface area contributed by atoms with Gasteiger partial charge in [0.15, 0.2) is 24.3 Å². The minimum Gasteiger partial charge on any atom is -0.508 e. The molecular formula is C48H60F6O10. The predicted octanol–water partition coefficient (Wildman–Crippen LogP) is 11.3. The molecule has 3 fully saturated rings. The minimum atomic E-state index is -5.85. The number of alkyl halides is 6. The van der Waals surface area contributed by atoms with Gasteiger partial charge in [-0.1, -0.05) is 104 Å². The summed E-state index contributed by atoms with van der Waals surface area (Å²) in [6, 6.07) is 20.8. The van der Waals surface area contributed by atoms with E-state index in [2.05, 4.69) is 77.5 Å². The van der Waals surface area contributed by atoms with Crippen molar-refractivity contribution < 1.29 is 74.3 Å². The van der Waals surface area contributed by atoms with Crippen LogP contribution in [-0.2, 0) is 49.2 Å². The molecule has 3 heterocycles. The van der Waals surface area contributed by atoms with Gasteiger partial charge in [0.25, 0.3) is 6.10 Å². The second-order valence-corrected chi connectivity index (χ2v) is 18.1. The number of phenols is 1. The van der Waals surface area contributed by atoms with Gasteiger partial charge in [-0.15, -0.1) is 0 Å². The van der Waals surface area contributed by atoms with Crippen LogP contribution in [0.5, 0.6) is 5.75 Å². The average Bonchev–Trinajstić information content (AvgIpc) is 3.84. The van der Waals surface area contributed by atoms with Crippen LogP contribution in [0.15, 0.2) is 72.8 Å². The molecule has 354 valence electrons. The summed E-state index contributed by atoms with van der Waals surface area (Å²) >= 11 is 0. The number of ether oxygens (including phenoxy) is 6. The molecule has 0 amide bonds. The van der Waals surface area contributed by atoms with Gasteiger partial charge in [0.1, 0.15) is 11.9 Å². The van der Waals surface area contributed by atoms with Crippen molar-refractivity contribution in [1.82, 2.24) is 0 Å². The first-order chi connectivity index (χ1) is 29.6. The Hall–Kier alpha value is -4.67. The van der Waals surface area contributed by atoms with Crippen molar-refractivity contribution in [3.05, 3.63) is 101 Å². The topological polar surface area (TPSA) is 127 Å². The molecule has 6 rings (SSSR count). The van der Waals surface area contributed by atoms with E-state index in [-0.39, 0.29) is 11.0 Å². The van der Waals surface area contributed by atoms with Crippen LogP contribution in [0.25, 0.3) is 0 Å². The number of rotatable bonds is 10. The second kappa shape index (κ2) is 20.2. The zero-order valence-corrected chi connectivity index (χ0v) is 38.1. The predicted molar refractivity (Wildman–Crippen MR) is 224 cm³/mol. The zero-order chi connectivity index (χ0) is 48.2. The number of esters is 3. The lowest BCUT2D eigenvalue weighted by molar-refractivity contribution is -0.307. The lowest BCUT2D eigenvalue weighted by Gasteiger charge is -2.27. The molecule has 3 saturated heterocycles. The fourth-order valence-electron chi connectivity index (χ4n) is 6.75. The van der Waals surface area contributed by atoms with E-state index in [0.717, 1.165) is 18.6 Å². The summed E-state index contributed by atoms with van der Waals surface area (Å²) in [7, 11) is 0. The molecule has 0 aliphatic carbocycles. The fraction of sp³-hybridized carbons (Fsp3) is 0.562. The molecular weight excluding hydrogens is 851 g/mol. The molecule has 16 heteroatoms. The van der Waals surface area contributed by atoms with Gasteiger partial charge >= 0.3 is 30.3 Å². The van der Waals surface area contributed by atoms with E-state index in [1.807, 2.05) is 12.1 Å². The number of hydrogen-bond acceptors (Lipinski definition) is 10. The maximum absolute atomic E-state index is 12.7. The SMILES string of the molecule is CCC(C)(C)C(=O)OC1C(=O)OC2C3OC(C)(c4ccc(C(=O)OC(C(F)(F)F)C(F)(F)F)cc4)OC3OC12.CCC(C)c1ccc(C(C)(C)C)cc1.CCC(C)c1ccc(O)cc1. The van der Waals surface area contributed by atoms with E-state index in [4.69, 9.17) is 28.8 Å². The third-order valence-corrected chi connectivity index (χ3v) is 11.9. The Balaban J connectivity index is 0.000000290. The van der Waals surface area contributed by atoms with Gasteiger partial charge < -0.3 is 33.5 Å². The van der Waals surface area contributed by atoms with Crippen LogP contribution in [0.3, 0.4) is 0 Å². The van der Waals surface area contributed by atoms with E-state index in [9.17, 15) is 40.7 Å². The molecule has 1 N–H and O–H groups in total. The molecule has 0 saturated carbocycles. The summed E-state index contributed by atoms with van der Waals surface area (Å²) in [4.78, 5) is 36.8. The van der Waals surface area contributed by atoms with Gasteiger partial charge in [0, 0.05) is 5.56 Å². The van der Waals surface area contributed by atoms with E-state index in [0.29, 0.717) is 24.0 Å². The van der Waals surface area contributed by atoms with Crippen molar-refractivity contribution in [3.63, 3.8) is 0 Å². The van der Waals surface area contributed by atoms with Crippen molar-refractivity contribution in [2.75, 3.05) is 0 Å². The summed E-state index contributed by atoms with van der Waals surface area (Å²) in [5.74, 6) is -3.21. The smallest absolute Gasteiger partial charge is 0.434 e. The van der Waals surface area contributed by atoms with E-state index in [1.54, 1.807) is 32.9 Å². The van der Waals surface area contributed by atoms with E-state index in [1.165, 1.54) is 42.2 Å². The summed E-state index contributed by atoms with van der Waals surface area (Å²) in [5.41, 5.74) is 3.23. The highest BCUT2D eigenvalue weighted by Gasteiger charge is 2.65. The maximum atomic E-state index is 12.7.